The molecule has 0 spiro atoms. The Kier molecular flexibility index (Phi) is 1.05. The van der Waals surface area contributed by atoms with Crippen molar-refractivity contribution < 1.29 is 0 Å². The number of nitrogen functional groups attached to an aromatic ring is 1. The molecule has 1 heterocycles. The standard InChI is InChI=1S/C4H8N4O/c1-3-6-8(5)4(9)7(3)2/h5H2,1-2H3. The number of nitrogens with two attached hydrogens (primary N) is 1. The quantitative estimate of drug-likeness (QED) is 0.437. The molecule has 0 radical (unpaired) electrons. The molecule has 0 aliphatic rings. The Bertz CT molecular complexity index is 271. The second-order valence-electron chi connectivity index (χ2n) is 1.83. The van der Waals surface area contributed by atoms with Gasteiger partial charge >= 0.3 is 5.69 Å². The molecule has 0 unspecified atom stereocenters. The van der Waals surface area contributed by atoms with E-state index in [2.05, 4.69) is 5.10 Å². The zero-order valence-electron chi connectivity index (χ0n) is 5.33. The molecule has 5 heteroatoms. The van der Waals surface area contributed by atoms with E-state index >= 15 is 0 Å². The van der Waals surface area contributed by atoms with Crippen LogP contribution in [-0.2, 0) is 7.05 Å². The number of aryl methyl sites for hydroxylation is 1. The van der Waals surface area contributed by atoms with E-state index in [1.165, 1.54) is 4.57 Å². The molecule has 1 aromatic rings. The van der Waals surface area contributed by atoms with E-state index in [0.29, 0.717) is 5.82 Å². The van der Waals surface area contributed by atoms with Gasteiger partial charge in [0.25, 0.3) is 0 Å². The summed E-state index contributed by atoms with van der Waals surface area (Å²) in [7, 11) is 1.62. The van der Waals surface area contributed by atoms with Crippen molar-refractivity contribution in [2.24, 2.45) is 7.05 Å². The Labute approximate surface area is 51.7 Å². The first-order chi connectivity index (χ1) is 4.13. The summed E-state index contributed by atoms with van der Waals surface area (Å²) in [5, 5.41) is 3.66. The van der Waals surface area contributed by atoms with Crippen LogP contribution in [0.25, 0.3) is 0 Å². The molecule has 0 fully saturated rings. The fraction of sp³-hybridized carbons (Fsp3) is 0.500. The Hall–Kier alpha value is -1.26. The predicted octanol–water partition coefficient (Wildman–Crippen LogP) is -1.40. The number of aromatic nitrogens is 3. The minimum Gasteiger partial charge on any atom is -0.318 e. The normalized spacial score (nSPS) is 10.0. The fourth-order valence-electron chi connectivity index (χ4n) is 0.558. The highest BCUT2D eigenvalue weighted by molar-refractivity contribution is 4.80. The van der Waals surface area contributed by atoms with Crippen molar-refractivity contribution >= 4 is 0 Å². The van der Waals surface area contributed by atoms with Gasteiger partial charge in [-0.3, -0.25) is 4.57 Å². The second-order valence-corrected chi connectivity index (χ2v) is 1.83. The average Bonchev–Trinajstić information content (AvgIpc) is 1.98. The third-order valence-electron chi connectivity index (χ3n) is 1.22. The molecule has 0 aliphatic carbocycles. The molecule has 1 aromatic heterocycles. The number of hydrogen-bond acceptors (Lipinski definition) is 3. The average molecular weight is 128 g/mol. The van der Waals surface area contributed by atoms with Crippen LogP contribution in [0.1, 0.15) is 5.82 Å². The summed E-state index contributed by atoms with van der Waals surface area (Å²) in [4.78, 5) is 11.5. The van der Waals surface area contributed by atoms with E-state index in [1.54, 1.807) is 14.0 Å². The summed E-state index contributed by atoms with van der Waals surface area (Å²) < 4.78 is 1.38. The molecule has 0 aromatic carbocycles. The van der Waals surface area contributed by atoms with Crippen LogP contribution in [0.2, 0.25) is 0 Å². The molecule has 5 nitrogen and oxygen atoms in total. The van der Waals surface area contributed by atoms with Gasteiger partial charge in [-0.2, -0.15) is 0 Å². The van der Waals surface area contributed by atoms with Gasteiger partial charge in [-0.15, -0.1) is 9.89 Å². The third-order valence-corrected chi connectivity index (χ3v) is 1.22. The van der Waals surface area contributed by atoms with Gasteiger partial charge in [0.1, 0.15) is 5.82 Å². The summed E-state index contributed by atoms with van der Waals surface area (Å²) >= 11 is 0. The molecule has 0 aliphatic heterocycles. The summed E-state index contributed by atoms with van der Waals surface area (Å²) in [6.45, 7) is 1.71. The maximum Gasteiger partial charge on any atom is 0.364 e. The zero-order valence-corrected chi connectivity index (χ0v) is 5.33. The molecular formula is C4H8N4O. The van der Waals surface area contributed by atoms with Gasteiger partial charge < -0.3 is 5.84 Å². The van der Waals surface area contributed by atoms with Gasteiger partial charge in [-0.25, -0.2) is 4.79 Å². The van der Waals surface area contributed by atoms with E-state index in [0.717, 1.165) is 4.79 Å². The summed E-state index contributed by atoms with van der Waals surface area (Å²) in [5.41, 5.74) is -0.299. The monoisotopic (exact) mass is 128 g/mol. The molecule has 50 valence electrons. The SMILES string of the molecule is Cc1nn(N)c(=O)n1C. The maximum absolute atomic E-state index is 10.7. The van der Waals surface area contributed by atoms with Crippen molar-refractivity contribution in [1.29, 1.82) is 0 Å². The van der Waals surface area contributed by atoms with Gasteiger partial charge in [0.15, 0.2) is 0 Å². The molecule has 0 saturated carbocycles. The van der Waals surface area contributed by atoms with Crippen LogP contribution in [0.4, 0.5) is 0 Å². The fourth-order valence-corrected chi connectivity index (χ4v) is 0.558. The lowest BCUT2D eigenvalue weighted by Gasteiger charge is -1.83. The number of nitrogens with zero attached hydrogens (tertiary/aromatic N) is 3. The van der Waals surface area contributed by atoms with Gasteiger partial charge in [-0.05, 0) is 6.92 Å². The van der Waals surface area contributed by atoms with Crippen LogP contribution in [0.5, 0.6) is 0 Å². The van der Waals surface area contributed by atoms with E-state index in [9.17, 15) is 4.79 Å². The summed E-state index contributed by atoms with van der Waals surface area (Å²) in [6.07, 6.45) is 0. The highest BCUT2D eigenvalue weighted by Crippen LogP contribution is 1.79. The Balaban J connectivity index is 3.48. The summed E-state index contributed by atoms with van der Waals surface area (Å²) in [6, 6.07) is 0. The van der Waals surface area contributed by atoms with Crippen molar-refractivity contribution in [3.05, 3.63) is 16.3 Å². The van der Waals surface area contributed by atoms with Crippen LogP contribution in [-0.4, -0.2) is 14.5 Å². The van der Waals surface area contributed by atoms with Crippen LogP contribution in [0, 0.1) is 6.92 Å². The number of rotatable bonds is 0. The van der Waals surface area contributed by atoms with Gasteiger partial charge in [0.2, 0.25) is 0 Å². The Morgan fingerprint density at radius 2 is 2.22 bits per heavy atom. The van der Waals surface area contributed by atoms with Crippen LogP contribution in [0.15, 0.2) is 4.79 Å². The highest BCUT2D eigenvalue weighted by Gasteiger charge is 2.00. The lowest BCUT2D eigenvalue weighted by Crippen LogP contribution is -2.28. The molecule has 9 heavy (non-hydrogen) atoms. The minimum absolute atomic E-state index is 0.299. The summed E-state index contributed by atoms with van der Waals surface area (Å²) in [5.74, 6) is 5.73. The molecule has 0 amide bonds. The largest absolute Gasteiger partial charge is 0.364 e. The van der Waals surface area contributed by atoms with E-state index in [1.807, 2.05) is 0 Å². The van der Waals surface area contributed by atoms with E-state index in [-0.39, 0.29) is 5.69 Å². The van der Waals surface area contributed by atoms with Crippen molar-refractivity contribution in [3.8, 4) is 0 Å². The molecule has 1 rings (SSSR count). The van der Waals surface area contributed by atoms with Gasteiger partial charge in [-0.1, -0.05) is 0 Å². The molecule has 2 N–H and O–H groups in total. The van der Waals surface area contributed by atoms with Gasteiger partial charge in [0, 0.05) is 7.05 Å². The molecule has 0 saturated heterocycles. The van der Waals surface area contributed by atoms with E-state index < -0.39 is 0 Å². The first-order valence-electron chi connectivity index (χ1n) is 2.50. The third kappa shape index (κ3) is 0.697. The highest BCUT2D eigenvalue weighted by atomic mass is 16.2. The Morgan fingerprint density at radius 3 is 2.33 bits per heavy atom. The lowest BCUT2D eigenvalue weighted by molar-refractivity contribution is 0.764. The first kappa shape index (κ1) is 5.87. The van der Waals surface area contributed by atoms with Crippen molar-refractivity contribution in [2.45, 2.75) is 6.92 Å². The van der Waals surface area contributed by atoms with Crippen LogP contribution < -0.4 is 11.5 Å². The maximum atomic E-state index is 10.7. The zero-order chi connectivity index (χ0) is 7.02. The van der Waals surface area contributed by atoms with Crippen LogP contribution >= 0.6 is 0 Å². The van der Waals surface area contributed by atoms with Crippen molar-refractivity contribution in [1.82, 2.24) is 14.5 Å². The van der Waals surface area contributed by atoms with E-state index in [4.69, 9.17) is 5.84 Å². The molecular weight excluding hydrogens is 120 g/mol. The second kappa shape index (κ2) is 1.61. The van der Waals surface area contributed by atoms with Crippen molar-refractivity contribution in [3.63, 3.8) is 0 Å². The van der Waals surface area contributed by atoms with Crippen LogP contribution in [0.3, 0.4) is 0 Å². The predicted molar refractivity (Wildman–Crippen MR) is 32.4 cm³/mol. The molecule has 0 atom stereocenters. The number of hydrogen-bond donors (Lipinski definition) is 1. The lowest BCUT2D eigenvalue weighted by atomic mass is 10.7. The molecule has 0 bridgehead atoms. The smallest absolute Gasteiger partial charge is 0.318 e. The minimum atomic E-state index is -0.299. The van der Waals surface area contributed by atoms with Crippen molar-refractivity contribution in [2.75, 3.05) is 5.84 Å². The Morgan fingerprint density at radius 1 is 1.67 bits per heavy atom. The van der Waals surface area contributed by atoms with Gasteiger partial charge in [0.05, 0.1) is 0 Å². The first-order valence-corrected chi connectivity index (χ1v) is 2.50. The topological polar surface area (TPSA) is 65.8 Å².